The van der Waals surface area contributed by atoms with Gasteiger partial charge in [-0.3, -0.25) is 10.1 Å². The Balaban J connectivity index is 1.94. The van der Waals surface area contributed by atoms with Gasteiger partial charge in [-0.25, -0.2) is 0 Å². The van der Waals surface area contributed by atoms with Crippen LogP contribution in [0, 0.1) is 10.1 Å². The second kappa shape index (κ2) is 6.52. The standard InChI is InChI=1S/C14H20ClN3O2/c1-10-7-12(5-6-17(10)2)16-9-11-3-4-13(15)14(8-11)18(19)20/h3-4,8,10,12,16H,5-7,9H2,1-2H3. The molecule has 1 aromatic rings. The molecule has 20 heavy (non-hydrogen) atoms. The van der Waals surface area contributed by atoms with Crippen LogP contribution < -0.4 is 5.32 Å². The lowest BCUT2D eigenvalue weighted by molar-refractivity contribution is -0.384. The molecule has 0 aromatic heterocycles. The van der Waals surface area contributed by atoms with E-state index < -0.39 is 4.92 Å². The van der Waals surface area contributed by atoms with Crippen molar-refractivity contribution in [2.45, 2.75) is 38.4 Å². The molecule has 2 atom stereocenters. The van der Waals surface area contributed by atoms with Crippen molar-refractivity contribution in [3.05, 3.63) is 38.9 Å². The molecule has 110 valence electrons. The van der Waals surface area contributed by atoms with Gasteiger partial charge in [-0.1, -0.05) is 17.7 Å². The predicted octanol–water partition coefficient (Wildman–Crippen LogP) is 2.82. The minimum atomic E-state index is -0.441. The summed E-state index contributed by atoms with van der Waals surface area (Å²) in [5.41, 5.74) is 0.871. The van der Waals surface area contributed by atoms with Crippen molar-refractivity contribution >= 4 is 17.3 Å². The second-order valence-corrected chi connectivity index (χ2v) is 5.88. The first-order chi connectivity index (χ1) is 9.47. The van der Waals surface area contributed by atoms with Crippen LogP contribution in [0.1, 0.15) is 25.3 Å². The molecule has 0 radical (unpaired) electrons. The molecule has 0 bridgehead atoms. The van der Waals surface area contributed by atoms with E-state index in [1.54, 1.807) is 12.1 Å². The summed E-state index contributed by atoms with van der Waals surface area (Å²) >= 11 is 5.81. The number of benzene rings is 1. The summed E-state index contributed by atoms with van der Waals surface area (Å²) < 4.78 is 0. The third-order valence-corrected chi connectivity index (χ3v) is 4.33. The highest BCUT2D eigenvalue weighted by Crippen LogP contribution is 2.25. The van der Waals surface area contributed by atoms with Gasteiger partial charge >= 0.3 is 0 Å². The van der Waals surface area contributed by atoms with E-state index in [1.165, 1.54) is 0 Å². The minimum absolute atomic E-state index is 0.0253. The highest BCUT2D eigenvalue weighted by atomic mass is 35.5. The van der Waals surface area contributed by atoms with Crippen molar-refractivity contribution < 1.29 is 4.92 Å². The van der Waals surface area contributed by atoms with Gasteiger partial charge in [0.2, 0.25) is 0 Å². The molecular formula is C14H20ClN3O2. The molecule has 1 N–H and O–H groups in total. The van der Waals surface area contributed by atoms with Gasteiger partial charge in [0.25, 0.3) is 5.69 Å². The Morgan fingerprint density at radius 3 is 2.95 bits per heavy atom. The van der Waals surface area contributed by atoms with Crippen LogP contribution in [0.5, 0.6) is 0 Å². The molecule has 5 nitrogen and oxygen atoms in total. The molecule has 2 rings (SSSR count). The Morgan fingerprint density at radius 2 is 2.30 bits per heavy atom. The predicted molar refractivity (Wildman–Crippen MR) is 80.1 cm³/mol. The lowest BCUT2D eigenvalue weighted by atomic mass is 9.98. The maximum atomic E-state index is 10.9. The number of nitrogens with one attached hydrogen (secondary N) is 1. The molecule has 0 saturated carbocycles. The molecule has 1 aromatic carbocycles. The first kappa shape index (κ1) is 15.2. The lowest BCUT2D eigenvalue weighted by Crippen LogP contribution is -2.45. The highest BCUT2D eigenvalue weighted by Gasteiger charge is 2.22. The Morgan fingerprint density at radius 1 is 1.55 bits per heavy atom. The summed E-state index contributed by atoms with van der Waals surface area (Å²) in [5.74, 6) is 0. The van der Waals surface area contributed by atoms with Crippen molar-refractivity contribution in [2.24, 2.45) is 0 Å². The Hall–Kier alpha value is -1.17. The van der Waals surface area contributed by atoms with Crippen molar-refractivity contribution in [2.75, 3.05) is 13.6 Å². The first-order valence-electron chi connectivity index (χ1n) is 6.84. The molecule has 1 fully saturated rings. The number of hydrogen-bond acceptors (Lipinski definition) is 4. The number of piperidine rings is 1. The van der Waals surface area contributed by atoms with Gasteiger partial charge < -0.3 is 10.2 Å². The average molecular weight is 298 g/mol. The average Bonchev–Trinajstić information content (AvgIpc) is 2.41. The fourth-order valence-electron chi connectivity index (χ4n) is 2.55. The van der Waals surface area contributed by atoms with E-state index in [4.69, 9.17) is 11.6 Å². The zero-order valence-corrected chi connectivity index (χ0v) is 12.6. The molecule has 6 heteroatoms. The molecular weight excluding hydrogens is 278 g/mol. The Kier molecular flexibility index (Phi) is 4.96. The van der Waals surface area contributed by atoms with Crippen LogP contribution in [0.2, 0.25) is 5.02 Å². The summed E-state index contributed by atoms with van der Waals surface area (Å²) in [4.78, 5) is 12.8. The zero-order chi connectivity index (χ0) is 14.7. The fraction of sp³-hybridized carbons (Fsp3) is 0.571. The monoisotopic (exact) mass is 297 g/mol. The van der Waals surface area contributed by atoms with Gasteiger partial charge in [-0.05, 0) is 45.0 Å². The third kappa shape index (κ3) is 3.69. The van der Waals surface area contributed by atoms with E-state index in [0.29, 0.717) is 18.6 Å². The number of halogens is 1. The van der Waals surface area contributed by atoms with Crippen molar-refractivity contribution in [1.82, 2.24) is 10.2 Å². The van der Waals surface area contributed by atoms with Gasteiger partial charge in [0, 0.05) is 24.7 Å². The van der Waals surface area contributed by atoms with Gasteiger partial charge in [-0.15, -0.1) is 0 Å². The molecule has 1 heterocycles. The number of nitro groups is 1. The number of nitro benzene ring substituents is 1. The van der Waals surface area contributed by atoms with Crippen LogP contribution in [-0.4, -0.2) is 35.5 Å². The lowest BCUT2D eigenvalue weighted by Gasteiger charge is -2.35. The van der Waals surface area contributed by atoms with E-state index in [1.807, 2.05) is 6.07 Å². The molecule has 1 aliphatic heterocycles. The molecule has 0 amide bonds. The smallest absolute Gasteiger partial charge is 0.288 e. The Bertz CT molecular complexity index is 495. The number of likely N-dealkylation sites (tertiary alicyclic amines) is 1. The normalized spacial score (nSPS) is 23.8. The molecule has 0 spiro atoms. The molecule has 0 aliphatic carbocycles. The summed E-state index contributed by atoms with van der Waals surface area (Å²) in [6.45, 7) is 3.94. The molecule has 2 unspecified atom stereocenters. The Labute approximate surface area is 124 Å². The number of nitrogens with zero attached hydrogens (tertiary/aromatic N) is 2. The summed E-state index contributed by atoms with van der Waals surface area (Å²) in [6.07, 6.45) is 2.21. The topological polar surface area (TPSA) is 58.4 Å². The summed E-state index contributed by atoms with van der Waals surface area (Å²) in [5, 5.41) is 14.5. The van der Waals surface area contributed by atoms with Gasteiger partial charge in [0.05, 0.1) is 4.92 Å². The van der Waals surface area contributed by atoms with E-state index in [-0.39, 0.29) is 10.7 Å². The van der Waals surface area contributed by atoms with E-state index in [2.05, 4.69) is 24.2 Å². The molecule has 1 saturated heterocycles. The van der Waals surface area contributed by atoms with Crippen LogP contribution in [0.3, 0.4) is 0 Å². The summed E-state index contributed by atoms with van der Waals surface area (Å²) in [7, 11) is 2.14. The third-order valence-electron chi connectivity index (χ3n) is 4.01. The van der Waals surface area contributed by atoms with Crippen LogP contribution in [-0.2, 0) is 6.54 Å². The fourth-order valence-corrected chi connectivity index (χ4v) is 2.73. The van der Waals surface area contributed by atoms with E-state index in [9.17, 15) is 10.1 Å². The quantitative estimate of drug-likeness (QED) is 0.686. The number of hydrogen-bond donors (Lipinski definition) is 1. The largest absolute Gasteiger partial charge is 0.310 e. The second-order valence-electron chi connectivity index (χ2n) is 5.47. The van der Waals surface area contributed by atoms with Gasteiger partial charge in [-0.2, -0.15) is 0 Å². The van der Waals surface area contributed by atoms with E-state index in [0.717, 1.165) is 24.9 Å². The zero-order valence-electron chi connectivity index (χ0n) is 11.8. The van der Waals surface area contributed by atoms with Crippen molar-refractivity contribution in [3.8, 4) is 0 Å². The maximum Gasteiger partial charge on any atom is 0.288 e. The van der Waals surface area contributed by atoms with Crippen molar-refractivity contribution in [1.29, 1.82) is 0 Å². The van der Waals surface area contributed by atoms with Crippen LogP contribution in [0.4, 0.5) is 5.69 Å². The van der Waals surface area contributed by atoms with Gasteiger partial charge in [0.15, 0.2) is 0 Å². The maximum absolute atomic E-state index is 10.9. The SMILES string of the molecule is CC1CC(NCc2ccc(Cl)c([N+](=O)[O-])c2)CCN1C. The van der Waals surface area contributed by atoms with Crippen LogP contribution in [0.15, 0.2) is 18.2 Å². The van der Waals surface area contributed by atoms with Crippen molar-refractivity contribution in [3.63, 3.8) is 0 Å². The van der Waals surface area contributed by atoms with Gasteiger partial charge in [0.1, 0.15) is 5.02 Å². The summed E-state index contributed by atoms with van der Waals surface area (Å²) in [6, 6.07) is 6.01. The van der Waals surface area contributed by atoms with Crippen LogP contribution in [0.25, 0.3) is 0 Å². The van der Waals surface area contributed by atoms with Crippen LogP contribution >= 0.6 is 11.6 Å². The molecule has 1 aliphatic rings. The first-order valence-corrected chi connectivity index (χ1v) is 7.21. The highest BCUT2D eigenvalue weighted by molar-refractivity contribution is 6.32. The van der Waals surface area contributed by atoms with E-state index >= 15 is 0 Å². The minimum Gasteiger partial charge on any atom is -0.310 e. The number of rotatable bonds is 4.